The van der Waals surface area contributed by atoms with E-state index in [1.165, 1.54) is 5.56 Å². The summed E-state index contributed by atoms with van der Waals surface area (Å²) in [6, 6.07) is 8.60. The number of hydrogen-bond donors (Lipinski definition) is 2. The summed E-state index contributed by atoms with van der Waals surface area (Å²) in [5.41, 5.74) is 1.36. The van der Waals surface area contributed by atoms with Crippen LogP contribution in [0.2, 0.25) is 0 Å². The van der Waals surface area contributed by atoms with Crippen LogP contribution in [0, 0.1) is 0 Å². The molecule has 0 spiro atoms. The molecule has 8 nitrogen and oxygen atoms in total. The molecule has 2 fully saturated rings. The van der Waals surface area contributed by atoms with Gasteiger partial charge in [-0.15, -0.1) is 24.0 Å². The number of nitrogens with one attached hydrogen (secondary N) is 2. The predicted molar refractivity (Wildman–Crippen MR) is 139 cm³/mol. The van der Waals surface area contributed by atoms with Gasteiger partial charge in [-0.2, -0.15) is 0 Å². The molecule has 1 aromatic carbocycles. The average Bonchev–Trinajstić information content (AvgIpc) is 2.82. The number of halogens is 1. The summed E-state index contributed by atoms with van der Waals surface area (Å²) in [6.45, 7) is 6.62. The number of morpholine rings is 1. The van der Waals surface area contributed by atoms with E-state index in [1.54, 1.807) is 7.11 Å². The third kappa shape index (κ3) is 7.18. The van der Waals surface area contributed by atoms with E-state index in [9.17, 15) is 0 Å². The summed E-state index contributed by atoms with van der Waals surface area (Å²) in [5.74, 6) is 1.71. The minimum atomic E-state index is 0. The lowest BCUT2D eigenvalue weighted by molar-refractivity contribution is -0.00506. The maximum atomic E-state index is 5.59. The molecule has 2 N–H and O–H groups in total. The van der Waals surface area contributed by atoms with Gasteiger partial charge in [-0.05, 0) is 44.6 Å². The largest absolute Gasteiger partial charge is 0.497 e. The monoisotopic (exact) mass is 561 g/mol. The molecule has 0 aliphatic carbocycles. The van der Waals surface area contributed by atoms with E-state index >= 15 is 0 Å². The number of rotatable bonds is 8. The van der Waals surface area contributed by atoms with Gasteiger partial charge in [-0.1, -0.05) is 12.1 Å². The Kier molecular flexibility index (Phi) is 11.5. The fourth-order valence-electron chi connectivity index (χ4n) is 4.37. The van der Waals surface area contributed by atoms with Crippen molar-refractivity contribution in [2.75, 3.05) is 80.9 Å². The summed E-state index contributed by atoms with van der Waals surface area (Å²) in [6.07, 6.45) is 2.04. The molecule has 2 heterocycles. The van der Waals surface area contributed by atoms with Crippen molar-refractivity contribution >= 4 is 29.9 Å². The Balaban J connectivity index is 0.00000363. The van der Waals surface area contributed by atoms with Gasteiger partial charge in [-0.3, -0.25) is 9.89 Å². The van der Waals surface area contributed by atoms with Crippen LogP contribution >= 0.6 is 24.0 Å². The number of guanidine groups is 1. The summed E-state index contributed by atoms with van der Waals surface area (Å²) in [4.78, 5) is 9.28. The van der Waals surface area contributed by atoms with Crippen molar-refractivity contribution < 1.29 is 14.2 Å². The average molecular weight is 562 g/mol. The van der Waals surface area contributed by atoms with Gasteiger partial charge in [0, 0.05) is 52.0 Å². The van der Waals surface area contributed by atoms with Crippen LogP contribution in [0.3, 0.4) is 0 Å². The third-order valence-corrected chi connectivity index (χ3v) is 6.63. The summed E-state index contributed by atoms with van der Waals surface area (Å²) in [5, 5.41) is 7.13. The van der Waals surface area contributed by atoms with Crippen molar-refractivity contribution in [2.24, 2.45) is 4.99 Å². The van der Waals surface area contributed by atoms with Gasteiger partial charge in [0.25, 0.3) is 0 Å². The molecule has 1 unspecified atom stereocenters. The first kappa shape index (κ1) is 27.1. The number of nitrogens with zero attached hydrogens (tertiary/aromatic N) is 3. The van der Waals surface area contributed by atoms with Crippen molar-refractivity contribution in [2.45, 2.75) is 24.4 Å². The van der Waals surface area contributed by atoms with Gasteiger partial charge in [0.05, 0.1) is 26.4 Å². The van der Waals surface area contributed by atoms with E-state index in [2.05, 4.69) is 51.7 Å². The van der Waals surface area contributed by atoms with Gasteiger partial charge < -0.3 is 29.7 Å². The summed E-state index contributed by atoms with van der Waals surface area (Å²) >= 11 is 0. The van der Waals surface area contributed by atoms with Gasteiger partial charge in [0.2, 0.25) is 0 Å². The standard InChI is InChI=1S/C23H39N5O3.HI/c1-24-22(26-18-23(27(2)3)9-13-30-14-10-23)25-17-21(28-11-15-31-16-12-28)19-5-7-20(29-4)8-6-19;/h5-8,21H,9-18H2,1-4H3,(H2,24,25,26);1H. The number of hydrogen-bond acceptors (Lipinski definition) is 6. The molecule has 182 valence electrons. The number of benzene rings is 1. The van der Waals surface area contributed by atoms with Crippen LogP contribution in [-0.4, -0.2) is 102 Å². The second-order valence-electron chi connectivity index (χ2n) is 8.48. The van der Waals surface area contributed by atoms with Gasteiger partial charge in [-0.25, -0.2) is 0 Å². The molecule has 1 aromatic rings. The molecular formula is C23H40IN5O3. The number of methoxy groups -OCH3 is 1. The SMILES string of the molecule is CN=C(NCC(c1ccc(OC)cc1)N1CCOCC1)NCC1(N(C)C)CCOCC1.I. The summed E-state index contributed by atoms with van der Waals surface area (Å²) in [7, 11) is 7.84. The van der Waals surface area contributed by atoms with Crippen LogP contribution in [0.5, 0.6) is 5.75 Å². The molecule has 2 aliphatic heterocycles. The first-order chi connectivity index (χ1) is 15.1. The topological polar surface area (TPSA) is 70.6 Å². The minimum absolute atomic E-state index is 0. The fourth-order valence-corrected chi connectivity index (χ4v) is 4.37. The molecule has 0 amide bonds. The normalized spacial score (nSPS) is 20.3. The zero-order valence-corrected chi connectivity index (χ0v) is 22.3. The number of likely N-dealkylation sites (N-methyl/N-ethyl adjacent to an activating group) is 1. The summed E-state index contributed by atoms with van der Waals surface area (Å²) < 4.78 is 16.5. The molecule has 3 rings (SSSR count). The van der Waals surface area contributed by atoms with Crippen LogP contribution in [-0.2, 0) is 9.47 Å². The highest BCUT2D eigenvalue weighted by Crippen LogP contribution is 2.26. The Morgan fingerprint density at radius 3 is 2.28 bits per heavy atom. The van der Waals surface area contributed by atoms with Crippen LogP contribution in [0.1, 0.15) is 24.4 Å². The maximum Gasteiger partial charge on any atom is 0.191 e. The Hall–Kier alpha value is -1.14. The zero-order valence-electron chi connectivity index (χ0n) is 19.9. The van der Waals surface area contributed by atoms with Gasteiger partial charge in [0.15, 0.2) is 5.96 Å². The lowest BCUT2D eigenvalue weighted by atomic mass is 9.88. The molecule has 32 heavy (non-hydrogen) atoms. The second kappa shape index (κ2) is 13.5. The first-order valence-electron chi connectivity index (χ1n) is 11.2. The van der Waals surface area contributed by atoms with E-state index in [4.69, 9.17) is 14.2 Å². The quantitative estimate of drug-likeness (QED) is 0.286. The van der Waals surface area contributed by atoms with Crippen molar-refractivity contribution in [3.05, 3.63) is 29.8 Å². The Morgan fingerprint density at radius 2 is 1.72 bits per heavy atom. The van der Waals surface area contributed by atoms with Gasteiger partial charge >= 0.3 is 0 Å². The van der Waals surface area contributed by atoms with E-state index in [-0.39, 0.29) is 35.6 Å². The Labute approximate surface area is 210 Å². The second-order valence-corrected chi connectivity index (χ2v) is 8.48. The van der Waals surface area contributed by atoms with Crippen molar-refractivity contribution in [3.63, 3.8) is 0 Å². The molecule has 0 saturated carbocycles. The van der Waals surface area contributed by atoms with E-state index in [1.807, 2.05) is 19.2 Å². The highest BCUT2D eigenvalue weighted by Gasteiger charge is 2.35. The van der Waals surface area contributed by atoms with E-state index in [0.717, 1.165) is 77.2 Å². The molecule has 2 aliphatic rings. The van der Waals surface area contributed by atoms with E-state index in [0.29, 0.717) is 0 Å². The molecule has 0 aromatic heterocycles. The molecule has 2 saturated heterocycles. The van der Waals surface area contributed by atoms with Crippen molar-refractivity contribution in [3.8, 4) is 5.75 Å². The van der Waals surface area contributed by atoms with E-state index < -0.39 is 0 Å². The Bertz CT molecular complexity index is 689. The van der Waals surface area contributed by atoms with Gasteiger partial charge in [0.1, 0.15) is 5.75 Å². The predicted octanol–water partition coefficient (Wildman–Crippen LogP) is 1.96. The molecule has 0 radical (unpaired) electrons. The van der Waals surface area contributed by atoms with Crippen LogP contribution in [0.15, 0.2) is 29.3 Å². The maximum absolute atomic E-state index is 5.59. The lowest BCUT2D eigenvalue weighted by Gasteiger charge is -2.43. The minimum Gasteiger partial charge on any atom is -0.497 e. The zero-order chi connectivity index (χ0) is 22.1. The number of ether oxygens (including phenoxy) is 3. The molecule has 1 atom stereocenters. The first-order valence-corrected chi connectivity index (χ1v) is 11.2. The van der Waals surface area contributed by atoms with Crippen molar-refractivity contribution in [1.82, 2.24) is 20.4 Å². The Morgan fingerprint density at radius 1 is 1.09 bits per heavy atom. The lowest BCUT2D eigenvalue weighted by Crippen LogP contribution is -2.57. The smallest absolute Gasteiger partial charge is 0.191 e. The van der Waals surface area contributed by atoms with Crippen molar-refractivity contribution in [1.29, 1.82) is 0 Å². The number of aliphatic imine (C=N–C) groups is 1. The molecular weight excluding hydrogens is 521 g/mol. The van der Waals surface area contributed by atoms with Crippen LogP contribution in [0.4, 0.5) is 0 Å². The fraction of sp³-hybridized carbons (Fsp3) is 0.696. The third-order valence-electron chi connectivity index (χ3n) is 6.63. The van der Waals surface area contributed by atoms with Crippen LogP contribution in [0.25, 0.3) is 0 Å². The molecule has 0 bridgehead atoms. The van der Waals surface area contributed by atoms with Crippen LogP contribution < -0.4 is 15.4 Å². The highest BCUT2D eigenvalue weighted by molar-refractivity contribution is 14.0. The molecule has 9 heteroatoms. The highest BCUT2D eigenvalue weighted by atomic mass is 127.